The maximum Gasteiger partial charge on any atom is 0.139 e. The molecule has 94 valence electrons. The topological polar surface area (TPSA) is 55.0 Å². The number of anilines is 2. The number of nitrogens with zero attached hydrogens (tertiary/aromatic N) is 3. The van der Waals surface area contributed by atoms with Crippen LogP contribution in [0.4, 0.5) is 11.5 Å². The van der Waals surface area contributed by atoms with Gasteiger partial charge in [0.05, 0.1) is 5.52 Å². The summed E-state index contributed by atoms with van der Waals surface area (Å²) >= 11 is 0. The maximum absolute atomic E-state index is 5.80. The van der Waals surface area contributed by atoms with Crippen molar-refractivity contribution < 1.29 is 0 Å². The molecule has 4 heteroatoms. The minimum absolute atomic E-state index is 0.749. The number of piperidine rings is 1. The van der Waals surface area contributed by atoms with Crippen LogP contribution < -0.4 is 10.6 Å². The number of rotatable bonds is 1. The lowest BCUT2D eigenvalue weighted by Gasteiger charge is -2.31. The van der Waals surface area contributed by atoms with Crippen LogP contribution in [-0.2, 0) is 0 Å². The molecule has 1 aliphatic heterocycles. The van der Waals surface area contributed by atoms with Crippen LogP contribution in [0.5, 0.6) is 0 Å². The van der Waals surface area contributed by atoms with Gasteiger partial charge in [0.15, 0.2) is 0 Å². The van der Waals surface area contributed by atoms with Crippen LogP contribution in [-0.4, -0.2) is 23.1 Å². The normalized spacial score (nSPS) is 17.3. The van der Waals surface area contributed by atoms with E-state index in [1.54, 1.807) is 6.33 Å². The second-order valence-corrected chi connectivity index (χ2v) is 5.14. The average Bonchev–Trinajstić information content (AvgIpc) is 2.38. The lowest BCUT2D eigenvalue weighted by molar-refractivity contribution is 0.437. The molecule has 0 atom stereocenters. The van der Waals surface area contributed by atoms with Gasteiger partial charge in [-0.3, -0.25) is 0 Å². The summed E-state index contributed by atoms with van der Waals surface area (Å²) in [6.07, 6.45) is 4.11. The van der Waals surface area contributed by atoms with Gasteiger partial charge < -0.3 is 10.6 Å². The Hall–Kier alpha value is -1.84. The Kier molecular flexibility index (Phi) is 2.78. The third-order valence-electron chi connectivity index (χ3n) is 3.72. The number of benzene rings is 1. The molecule has 1 aromatic carbocycles. The summed E-state index contributed by atoms with van der Waals surface area (Å²) in [7, 11) is 0. The molecule has 1 saturated heterocycles. The summed E-state index contributed by atoms with van der Waals surface area (Å²) < 4.78 is 0. The fraction of sp³-hybridized carbons (Fsp3) is 0.429. The fourth-order valence-corrected chi connectivity index (χ4v) is 2.53. The monoisotopic (exact) mass is 242 g/mol. The number of nitrogen functional groups attached to an aromatic ring is 1. The Bertz CT molecular complexity index is 559. The summed E-state index contributed by atoms with van der Waals surface area (Å²) in [5, 5.41) is 1.10. The minimum Gasteiger partial charge on any atom is -0.399 e. The van der Waals surface area contributed by atoms with E-state index in [0.717, 1.165) is 41.4 Å². The molecule has 0 aliphatic carbocycles. The Morgan fingerprint density at radius 3 is 2.78 bits per heavy atom. The van der Waals surface area contributed by atoms with Crippen molar-refractivity contribution in [3.05, 3.63) is 24.5 Å². The van der Waals surface area contributed by atoms with Crippen molar-refractivity contribution in [3.63, 3.8) is 0 Å². The average molecular weight is 242 g/mol. The lowest BCUT2D eigenvalue weighted by atomic mass is 9.99. The predicted molar refractivity (Wildman–Crippen MR) is 74.6 cm³/mol. The van der Waals surface area contributed by atoms with Crippen molar-refractivity contribution >= 4 is 22.4 Å². The van der Waals surface area contributed by atoms with E-state index in [-0.39, 0.29) is 0 Å². The molecule has 1 aromatic heterocycles. The first-order valence-electron chi connectivity index (χ1n) is 6.49. The number of aromatic nitrogens is 2. The second-order valence-electron chi connectivity index (χ2n) is 5.14. The highest BCUT2D eigenvalue weighted by Crippen LogP contribution is 2.27. The van der Waals surface area contributed by atoms with Gasteiger partial charge in [0.25, 0.3) is 0 Å². The summed E-state index contributed by atoms with van der Waals surface area (Å²) in [6, 6.07) is 5.85. The highest BCUT2D eigenvalue weighted by Gasteiger charge is 2.18. The van der Waals surface area contributed by atoms with Crippen molar-refractivity contribution in [2.24, 2.45) is 5.92 Å². The Morgan fingerprint density at radius 1 is 1.22 bits per heavy atom. The van der Waals surface area contributed by atoms with Crippen molar-refractivity contribution in [1.29, 1.82) is 0 Å². The summed E-state index contributed by atoms with van der Waals surface area (Å²) in [5.41, 5.74) is 7.48. The van der Waals surface area contributed by atoms with Crippen LogP contribution in [0, 0.1) is 5.92 Å². The molecule has 0 radical (unpaired) electrons. The van der Waals surface area contributed by atoms with E-state index in [1.165, 1.54) is 12.8 Å². The molecule has 2 N–H and O–H groups in total. The van der Waals surface area contributed by atoms with E-state index in [1.807, 2.05) is 18.2 Å². The van der Waals surface area contributed by atoms with Gasteiger partial charge in [-0.1, -0.05) is 6.92 Å². The van der Waals surface area contributed by atoms with Gasteiger partial charge in [0.2, 0.25) is 0 Å². The first-order valence-corrected chi connectivity index (χ1v) is 6.49. The largest absolute Gasteiger partial charge is 0.399 e. The molecule has 0 amide bonds. The van der Waals surface area contributed by atoms with Gasteiger partial charge in [0, 0.05) is 24.2 Å². The van der Waals surface area contributed by atoms with E-state index in [4.69, 9.17) is 5.73 Å². The molecule has 4 nitrogen and oxygen atoms in total. The van der Waals surface area contributed by atoms with Crippen LogP contribution in [0.15, 0.2) is 24.5 Å². The van der Waals surface area contributed by atoms with Crippen LogP contribution in [0.2, 0.25) is 0 Å². The first-order chi connectivity index (χ1) is 8.74. The number of nitrogens with two attached hydrogens (primary N) is 1. The Balaban J connectivity index is 2.01. The molecule has 1 fully saturated rings. The zero-order valence-electron chi connectivity index (χ0n) is 10.6. The highest BCUT2D eigenvalue weighted by molar-refractivity contribution is 5.91. The lowest BCUT2D eigenvalue weighted by Crippen LogP contribution is -2.33. The third kappa shape index (κ3) is 1.98. The SMILES string of the molecule is CC1CCN(c2ncnc3cc(N)ccc23)CC1. The van der Waals surface area contributed by atoms with Gasteiger partial charge >= 0.3 is 0 Å². The quantitative estimate of drug-likeness (QED) is 0.780. The van der Waals surface area contributed by atoms with Crippen molar-refractivity contribution in [1.82, 2.24) is 9.97 Å². The van der Waals surface area contributed by atoms with Crippen molar-refractivity contribution in [2.45, 2.75) is 19.8 Å². The molecular formula is C14H18N4. The molecular weight excluding hydrogens is 224 g/mol. The van der Waals surface area contributed by atoms with Crippen LogP contribution in [0.1, 0.15) is 19.8 Å². The van der Waals surface area contributed by atoms with Gasteiger partial charge in [-0.05, 0) is 37.0 Å². The summed E-state index contributed by atoms with van der Waals surface area (Å²) in [5.74, 6) is 1.87. The van der Waals surface area contributed by atoms with Crippen molar-refractivity contribution in [3.8, 4) is 0 Å². The number of hydrogen-bond donors (Lipinski definition) is 1. The molecule has 0 spiro atoms. The Labute approximate surface area is 107 Å². The second kappa shape index (κ2) is 4.44. The molecule has 0 saturated carbocycles. The van der Waals surface area contributed by atoms with E-state index < -0.39 is 0 Å². The van der Waals surface area contributed by atoms with E-state index in [9.17, 15) is 0 Å². The summed E-state index contributed by atoms with van der Waals surface area (Å²) in [4.78, 5) is 11.1. The third-order valence-corrected chi connectivity index (χ3v) is 3.72. The zero-order chi connectivity index (χ0) is 12.5. The summed E-state index contributed by atoms with van der Waals surface area (Å²) in [6.45, 7) is 4.48. The van der Waals surface area contributed by atoms with E-state index in [0.29, 0.717) is 0 Å². The predicted octanol–water partition coefficient (Wildman–Crippen LogP) is 2.45. The molecule has 2 heterocycles. The number of fused-ring (bicyclic) bond motifs is 1. The Morgan fingerprint density at radius 2 is 2.00 bits per heavy atom. The molecule has 3 rings (SSSR count). The van der Waals surface area contributed by atoms with E-state index >= 15 is 0 Å². The molecule has 0 bridgehead atoms. The van der Waals surface area contributed by atoms with Gasteiger partial charge in [0.1, 0.15) is 12.1 Å². The van der Waals surface area contributed by atoms with E-state index in [2.05, 4.69) is 21.8 Å². The minimum atomic E-state index is 0.749. The van der Waals surface area contributed by atoms with Crippen LogP contribution >= 0.6 is 0 Å². The maximum atomic E-state index is 5.80. The zero-order valence-corrected chi connectivity index (χ0v) is 10.6. The standard InChI is InChI=1S/C14H18N4/c1-10-4-6-18(7-5-10)14-12-3-2-11(15)8-13(12)16-9-17-14/h2-3,8-10H,4-7,15H2,1H3. The molecule has 2 aromatic rings. The fourth-order valence-electron chi connectivity index (χ4n) is 2.53. The van der Waals surface area contributed by atoms with Crippen molar-refractivity contribution in [2.75, 3.05) is 23.7 Å². The van der Waals surface area contributed by atoms with Gasteiger partial charge in [-0.2, -0.15) is 0 Å². The molecule has 1 aliphatic rings. The first kappa shape index (κ1) is 11.3. The van der Waals surface area contributed by atoms with Gasteiger partial charge in [-0.25, -0.2) is 9.97 Å². The number of hydrogen-bond acceptors (Lipinski definition) is 4. The molecule has 0 unspecified atom stereocenters. The van der Waals surface area contributed by atoms with Crippen LogP contribution in [0.25, 0.3) is 10.9 Å². The highest BCUT2D eigenvalue weighted by atomic mass is 15.2. The molecule has 18 heavy (non-hydrogen) atoms. The van der Waals surface area contributed by atoms with Crippen LogP contribution in [0.3, 0.4) is 0 Å². The van der Waals surface area contributed by atoms with Gasteiger partial charge in [-0.15, -0.1) is 0 Å². The smallest absolute Gasteiger partial charge is 0.139 e.